The van der Waals surface area contributed by atoms with Gasteiger partial charge in [0, 0.05) is 12.2 Å². The fourth-order valence-electron chi connectivity index (χ4n) is 3.97. The number of likely N-dealkylation sites (N-methyl/N-ethyl adjacent to an activating group) is 1. The monoisotopic (exact) mass is 448 g/mol. The SMILES string of the molecule is Cc1c(C#N)c(NC(=O)CN(C)Cc2ccc3c(c2)OCCO3)n(-c2cccc(F)c2)c1C. The number of aromatic nitrogens is 1. The van der Waals surface area contributed by atoms with Crippen molar-refractivity contribution in [2.45, 2.75) is 20.4 Å². The van der Waals surface area contributed by atoms with Crippen molar-refractivity contribution in [2.24, 2.45) is 0 Å². The third-order valence-corrected chi connectivity index (χ3v) is 5.62. The van der Waals surface area contributed by atoms with Crippen LogP contribution in [0.2, 0.25) is 0 Å². The summed E-state index contributed by atoms with van der Waals surface area (Å²) >= 11 is 0. The zero-order valence-electron chi connectivity index (χ0n) is 18.8. The van der Waals surface area contributed by atoms with Crippen molar-refractivity contribution in [2.75, 3.05) is 32.1 Å². The van der Waals surface area contributed by atoms with E-state index in [1.165, 1.54) is 12.1 Å². The molecule has 0 atom stereocenters. The molecule has 1 aliphatic rings. The highest BCUT2D eigenvalue weighted by Gasteiger charge is 2.21. The molecule has 7 nitrogen and oxygen atoms in total. The molecular weight excluding hydrogens is 423 g/mol. The van der Waals surface area contributed by atoms with Crippen molar-refractivity contribution < 1.29 is 18.7 Å². The molecule has 4 rings (SSSR count). The number of hydrogen-bond acceptors (Lipinski definition) is 5. The van der Waals surface area contributed by atoms with Gasteiger partial charge in [0.15, 0.2) is 11.5 Å². The Morgan fingerprint density at radius 3 is 2.67 bits per heavy atom. The van der Waals surface area contributed by atoms with Crippen LogP contribution in [0.4, 0.5) is 10.2 Å². The molecule has 0 saturated heterocycles. The third kappa shape index (κ3) is 4.69. The zero-order chi connectivity index (χ0) is 23.5. The number of nitriles is 1. The van der Waals surface area contributed by atoms with E-state index in [9.17, 15) is 14.4 Å². The van der Waals surface area contributed by atoms with Gasteiger partial charge in [-0.25, -0.2) is 4.39 Å². The molecule has 33 heavy (non-hydrogen) atoms. The number of hydrogen-bond donors (Lipinski definition) is 1. The summed E-state index contributed by atoms with van der Waals surface area (Å²) in [5, 5.41) is 12.6. The van der Waals surface area contributed by atoms with Crippen LogP contribution in [-0.2, 0) is 11.3 Å². The van der Waals surface area contributed by atoms with Gasteiger partial charge in [0.05, 0.1) is 17.8 Å². The highest BCUT2D eigenvalue weighted by molar-refractivity contribution is 5.93. The largest absolute Gasteiger partial charge is 0.486 e. The van der Waals surface area contributed by atoms with Gasteiger partial charge < -0.3 is 14.8 Å². The van der Waals surface area contributed by atoms with E-state index in [0.29, 0.717) is 42.6 Å². The number of carbonyl (C=O) groups is 1. The van der Waals surface area contributed by atoms with Gasteiger partial charge in [0.1, 0.15) is 30.9 Å². The van der Waals surface area contributed by atoms with Crippen LogP contribution in [0.25, 0.3) is 5.69 Å². The van der Waals surface area contributed by atoms with Crippen molar-refractivity contribution in [1.82, 2.24) is 9.47 Å². The first kappa shape index (κ1) is 22.4. The van der Waals surface area contributed by atoms with Crippen molar-refractivity contribution >= 4 is 11.7 Å². The summed E-state index contributed by atoms with van der Waals surface area (Å²) in [6.07, 6.45) is 0. The van der Waals surface area contributed by atoms with Crippen molar-refractivity contribution in [1.29, 1.82) is 5.26 Å². The van der Waals surface area contributed by atoms with Crippen molar-refractivity contribution in [3.05, 3.63) is 70.7 Å². The summed E-state index contributed by atoms with van der Waals surface area (Å²) in [6, 6.07) is 14.0. The Morgan fingerprint density at radius 2 is 1.94 bits per heavy atom. The summed E-state index contributed by atoms with van der Waals surface area (Å²) in [7, 11) is 1.84. The second-order valence-corrected chi connectivity index (χ2v) is 8.06. The van der Waals surface area contributed by atoms with E-state index in [4.69, 9.17) is 9.47 Å². The number of fused-ring (bicyclic) bond motifs is 1. The predicted molar refractivity (Wildman–Crippen MR) is 122 cm³/mol. The molecule has 0 radical (unpaired) electrons. The topological polar surface area (TPSA) is 79.5 Å². The summed E-state index contributed by atoms with van der Waals surface area (Å²) in [5.74, 6) is 1.10. The molecule has 2 aromatic carbocycles. The summed E-state index contributed by atoms with van der Waals surface area (Å²) < 4.78 is 26.7. The number of amides is 1. The Balaban J connectivity index is 1.51. The lowest BCUT2D eigenvalue weighted by Gasteiger charge is -2.21. The summed E-state index contributed by atoms with van der Waals surface area (Å²) in [5.41, 5.74) is 3.39. The standard InChI is InChI=1S/C25H25FN4O3/c1-16-17(2)30(20-6-4-5-19(26)12-20)25(21(16)13-27)28-24(31)15-29(3)14-18-7-8-22-23(11-18)33-10-9-32-22/h4-8,11-12H,9-10,14-15H2,1-3H3,(H,28,31). The Kier molecular flexibility index (Phi) is 6.33. The molecule has 1 aliphatic heterocycles. The molecule has 8 heteroatoms. The maximum absolute atomic E-state index is 13.9. The molecule has 1 N–H and O–H groups in total. The second-order valence-electron chi connectivity index (χ2n) is 8.06. The molecule has 3 aromatic rings. The number of benzene rings is 2. The van der Waals surface area contributed by atoms with E-state index >= 15 is 0 Å². The van der Waals surface area contributed by atoms with Gasteiger partial charge in [-0.3, -0.25) is 14.3 Å². The highest BCUT2D eigenvalue weighted by atomic mass is 19.1. The van der Waals surface area contributed by atoms with Gasteiger partial charge in [-0.1, -0.05) is 12.1 Å². The van der Waals surface area contributed by atoms with E-state index in [1.807, 2.05) is 44.0 Å². The molecule has 1 aromatic heterocycles. The molecule has 1 amide bonds. The van der Waals surface area contributed by atoms with Crippen LogP contribution < -0.4 is 14.8 Å². The van der Waals surface area contributed by atoms with Crippen LogP contribution in [-0.4, -0.2) is 42.2 Å². The van der Waals surface area contributed by atoms with Crippen LogP contribution in [0, 0.1) is 31.0 Å². The van der Waals surface area contributed by atoms with Crippen molar-refractivity contribution in [3.8, 4) is 23.3 Å². The number of nitrogens with one attached hydrogen (secondary N) is 1. The van der Waals surface area contributed by atoms with E-state index in [-0.39, 0.29) is 12.5 Å². The summed E-state index contributed by atoms with van der Waals surface area (Å²) in [4.78, 5) is 14.8. The van der Waals surface area contributed by atoms with Gasteiger partial charge in [-0.2, -0.15) is 5.26 Å². The first-order valence-electron chi connectivity index (χ1n) is 10.6. The second kappa shape index (κ2) is 9.35. The minimum absolute atomic E-state index is 0.103. The van der Waals surface area contributed by atoms with E-state index in [2.05, 4.69) is 11.4 Å². The maximum atomic E-state index is 13.9. The number of carbonyl (C=O) groups excluding carboxylic acids is 1. The molecule has 0 bridgehead atoms. The van der Waals surface area contributed by atoms with E-state index in [0.717, 1.165) is 22.6 Å². The third-order valence-electron chi connectivity index (χ3n) is 5.62. The van der Waals surface area contributed by atoms with Crippen LogP contribution >= 0.6 is 0 Å². The predicted octanol–water partition coefficient (Wildman–Crippen LogP) is 3.95. The van der Waals surface area contributed by atoms with Gasteiger partial charge in [-0.05, 0) is 62.4 Å². The minimum Gasteiger partial charge on any atom is -0.486 e. The molecule has 2 heterocycles. The fraction of sp³-hybridized carbons (Fsp3) is 0.280. The molecule has 0 saturated carbocycles. The lowest BCUT2D eigenvalue weighted by atomic mass is 10.2. The minimum atomic E-state index is -0.395. The molecule has 0 unspecified atom stereocenters. The number of nitrogens with zero attached hydrogens (tertiary/aromatic N) is 3. The average Bonchev–Trinajstić information content (AvgIpc) is 3.02. The molecule has 0 spiro atoms. The molecule has 0 aliphatic carbocycles. The molecular formula is C25H25FN4O3. The molecule has 0 fully saturated rings. The van der Waals surface area contributed by atoms with Crippen LogP contribution in [0.5, 0.6) is 11.5 Å². The van der Waals surface area contributed by atoms with E-state index < -0.39 is 5.82 Å². The Bertz CT molecular complexity index is 1250. The van der Waals surface area contributed by atoms with Gasteiger partial charge >= 0.3 is 0 Å². The first-order chi connectivity index (χ1) is 15.9. The number of ether oxygens (including phenoxy) is 2. The number of halogens is 1. The van der Waals surface area contributed by atoms with Crippen LogP contribution in [0.3, 0.4) is 0 Å². The maximum Gasteiger partial charge on any atom is 0.239 e. The van der Waals surface area contributed by atoms with Crippen LogP contribution in [0.15, 0.2) is 42.5 Å². The first-order valence-corrected chi connectivity index (χ1v) is 10.6. The fourth-order valence-corrected chi connectivity index (χ4v) is 3.97. The van der Waals surface area contributed by atoms with Gasteiger partial charge in [0.25, 0.3) is 0 Å². The number of anilines is 1. The quantitative estimate of drug-likeness (QED) is 0.618. The Morgan fingerprint density at radius 1 is 1.18 bits per heavy atom. The Hall–Kier alpha value is -3.83. The van der Waals surface area contributed by atoms with Crippen LogP contribution in [0.1, 0.15) is 22.4 Å². The lowest BCUT2D eigenvalue weighted by molar-refractivity contribution is -0.117. The lowest BCUT2D eigenvalue weighted by Crippen LogP contribution is -2.30. The molecule has 170 valence electrons. The normalized spacial score (nSPS) is 12.5. The highest BCUT2D eigenvalue weighted by Crippen LogP contribution is 2.32. The van der Waals surface area contributed by atoms with E-state index in [1.54, 1.807) is 16.7 Å². The smallest absolute Gasteiger partial charge is 0.239 e. The van der Waals surface area contributed by atoms with Gasteiger partial charge in [0.2, 0.25) is 5.91 Å². The zero-order valence-corrected chi connectivity index (χ0v) is 18.8. The van der Waals surface area contributed by atoms with Crippen molar-refractivity contribution in [3.63, 3.8) is 0 Å². The van der Waals surface area contributed by atoms with Gasteiger partial charge in [-0.15, -0.1) is 0 Å². The Labute approximate surface area is 191 Å². The average molecular weight is 448 g/mol. The number of rotatable bonds is 6. The summed E-state index contributed by atoms with van der Waals surface area (Å²) in [6.45, 7) is 5.33.